The quantitative estimate of drug-likeness (QED) is 0.634. The Bertz CT molecular complexity index is 538. The van der Waals surface area contributed by atoms with E-state index >= 15 is 0 Å². The highest BCUT2D eigenvalue weighted by atomic mass is 19.3. The van der Waals surface area contributed by atoms with Crippen LogP contribution in [0, 0.1) is 21.4 Å². The van der Waals surface area contributed by atoms with Crippen molar-refractivity contribution in [3.05, 3.63) is 33.1 Å². The fourth-order valence-corrected chi connectivity index (χ4v) is 1.07. The number of nitrogens with zero attached hydrogens (tertiary/aromatic N) is 3. The molecule has 1 aromatic heterocycles. The van der Waals surface area contributed by atoms with Gasteiger partial charge in [-0.05, 0) is 0 Å². The molecule has 0 aromatic carbocycles. The highest BCUT2D eigenvalue weighted by Crippen LogP contribution is 2.26. The summed E-state index contributed by atoms with van der Waals surface area (Å²) in [5.41, 5.74) is -3.94. The fraction of sp³-hybridized carbons (Fsp3) is 0.125. The van der Waals surface area contributed by atoms with Gasteiger partial charge in [0.15, 0.2) is 0 Å². The first-order valence-electron chi connectivity index (χ1n) is 3.99. The zero-order valence-electron chi connectivity index (χ0n) is 7.92. The van der Waals surface area contributed by atoms with Gasteiger partial charge in [-0.25, -0.2) is 18.6 Å². The van der Waals surface area contributed by atoms with Crippen LogP contribution in [0.15, 0.2) is 6.07 Å². The summed E-state index contributed by atoms with van der Waals surface area (Å²) in [4.78, 5) is 22.9. The number of halogens is 2. The van der Waals surface area contributed by atoms with Gasteiger partial charge in [-0.1, -0.05) is 0 Å². The molecule has 0 amide bonds. The molecular weight excluding hydrogens is 240 g/mol. The van der Waals surface area contributed by atoms with Crippen LogP contribution in [0.2, 0.25) is 0 Å². The third kappa shape index (κ3) is 2.31. The standard InChI is InChI=1S/C8H3F2N3O4/c9-7(10)5-3(2-11)1-4(13(16)17)6(12-5)8(14)15/h1,7H,(H,14,15). The van der Waals surface area contributed by atoms with Crippen LogP contribution in [0.4, 0.5) is 14.5 Å². The number of nitro groups is 1. The van der Waals surface area contributed by atoms with E-state index in [1.165, 1.54) is 6.07 Å². The summed E-state index contributed by atoms with van der Waals surface area (Å²) in [6, 6.07) is 1.77. The van der Waals surface area contributed by atoms with Crippen LogP contribution in [0.1, 0.15) is 28.2 Å². The third-order valence-corrected chi connectivity index (χ3v) is 1.76. The zero-order valence-corrected chi connectivity index (χ0v) is 7.92. The lowest BCUT2D eigenvalue weighted by atomic mass is 10.1. The van der Waals surface area contributed by atoms with E-state index in [2.05, 4.69) is 4.98 Å². The third-order valence-electron chi connectivity index (χ3n) is 1.76. The van der Waals surface area contributed by atoms with Crippen molar-refractivity contribution in [2.75, 3.05) is 0 Å². The minimum absolute atomic E-state index is 0.470. The Balaban J connectivity index is 3.61. The first-order chi connectivity index (χ1) is 7.88. The lowest BCUT2D eigenvalue weighted by Crippen LogP contribution is -2.09. The van der Waals surface area contributed by atoms with Gasteiger partial charge in [-0.2, -0.15) is 5.26 Å². The molecule has 9 heteroatoms. The van der Waals surface area contributed by atoms with Crippen molar-refractivity contribution < 1.29 is 23.6 Å². The fourth-order valence-electron chi connectivity index (χ4n) is 1.07. The van der Waals surface area contributed by atoms with Gasteiger partial charge in [0.2, 0.25) is 5.69 Å². The molecule has 0 bridgehead atoms. The van der Waals surface area contributed by atoms with Crippen LogP contribution in [0.25, 0.3) is 0 Å². The number of pyridine rings is 1. The molecule has 0 radical (unpaired) electrons. The number of carboxylic acid groups (broad SMARTS) is 1. The number of aromatic carboxylic acids is 1. The first kappa shape index (κ1) is 12.4. The number of hydrogen-bond donors (Lipinski definition) is 1. The maximum atomic E-state index is 12.4. The van der Waals surface area contributed by atoms with E-state index in [-0.39, 0.29) is 0 Å². The summed E-state index contributed by atoms with van der Waals surface area (Å²) in [5, 5.41) is 27.6. The van der Waals surface area contributed by atoms with Crippen LogP contribution in [-0.4, -0.2) is 21.0 Å². The largest absolute Gasteiger partial charge is 0.476 e. The summed E-state index contributed by atoms with van der Waals surface area (Å²) in [5.74, 6) is -1.82. The van der Waals surface area contributed by atoms with Gasteiger partial charge in [0.1, 0.15) is 11.8 Å². The molecule has 0 fully saturated rings. The molecule has 0 aliphatic heterocycles. The number of carbonyl (C=O) groups is 1. The molecule has 0 spiro atoms. The van der Waals surface area contributed by atoms with Gasteiger partial charge < -0.3 is 5.11 Å². The SMILES string of the molecule is N#Cc1cc([N+](=O)[O-])c(C(=O)O)nc1C(F)F. The maximum Gasteiger partial charge on any atom is 0.361 e. The molecule has 0 atom stereocenters. The highest BCUT2D eigenvalue weighted by Gasteiger charge is 2.27. The van der Waals surface area contributed by atoms with Crippen molar-refractivity contribution in [3.8, 4) is 6.07 Å². The maximum absolute atomic E-state index is 12.4. The summed E-state index contributed by atoms with van der Waals surface area (Å²) >= 11 is 0. The molecule has 1 heterocycles. The summed E-state index contributed by atoms with van der Waals surface area (Å²) in [6.45, 7) is 0. The molecule has 0 saturated carbocycles. The monoisotopic (exact) mass is 243 g/mol. The average molecular weight is 243 g/mol. The van der Waals surface area contributed by atoms with Crippen LogP contribution in [0.5, 0.6) is 0 Å². The van der Waals surface area contributed by atoms with E-state index in [1.54, 1.807) is 0 Å². The van der Waals surface area contributed by atoms with Crippen molar-refractivity contribution in [3.63, 3.8) is 0 Å². The van der Waals surface area contributed by atoms with E-state index in [9.17, 15) is 23.7 Å². The lowest BCUT2D eigenvalue weighted by Gasteiger charge is -2.03. The van der Waals surface area contributed by atoms with Crippen LogP contribution in [-0.2, 0) is 0 Å². The van der Waals surface area contributed by atoms with Gasteiger partial charge in [0.05, 0.1) is 10.5 Å². The van der Waals surface area contributed by atoms with Crippen molar-refractivity contribution >= 4 is 11.7 Å². The van der Waals surface area contributed by atoms with Crippen molar-refractivity contribution in [1.29, 1.82) is 5.26 Å². The van der Waals surface area contributed by atoms with Gasteiger partial charge in [-0.15, -0.1) is 0 Å². The number of nitriles is 1. The molecular formula is C8H3F2N3O4. The lowest BCUT2D eigenvalue weighted by molar-refractivity contribution is -0.385. The molecule has 1 N–H and O–H groups in total. The summed E-state index contributed by atoms with van der Waals surface area (Å²) < 4.78 is 24.8. The highest BCUT2D eigenvalue weighted by molar-refractivity contribution is 5.90. The Morgan fingerprint density at radius 3 is 2.59 bits per heavy atom. The van der Waals surface area contributed by atoms with Crippen molar-refractivity contribution in [1.82, 2.24) is 4.98 Å². The second-order valence-corrected chi connectivity index (χ2v) is 2.76. The second kappa shape index (κ2) is 4.48. The van der Waals surface area contributed by atoms with E-state index < -0.39 is 40.0 Å². The van der Waals surface area contributed by atoms with Crippen molar-refractivity contribution in [2.45, 2.75) is 6.43 Å². The minimum Gasteiger partial charge on any atom is -0.476 e. The molecule has 1 rings (SSSR count). The Kier molecular flexibility index (Phi) is 3.28. The van der Waals surface area contributed by atoms with Gasteiger partial charge >= 0.3 is 11.7 Å². The predicted molar refractivity (Wildman–Crippen MR) is 47.5 cm³/mol. The molecule has 0 saturated heterocycles. The number of hydrogen-bond acceptors (Lipinski definition) is 5. The molecule has 0 aliphatic rings. The predicted octanol–water partition coefficient (Wildman–Crippen LogP) is 1.50. The summed E-state index contributed by atoms with van der Waals surface area (Å²) in [6.07, 6.45) is -3.19. The molecule has 17 heavy (non-hydrogen) atoms. The van der Waals surface area contributed by atoms with E-state index in [1.807, 2.05) is 0 Å². The molecule has 0 unspecified atom stereocenters. The zero-order chi connectivity index (χ0) is 13.2. The van der Waals surface area contributed by atoms with E-state index in [0.29, 0.717) is 6.07 Å². The Labute approximate surface area is 92.1 Å². The van der Waals surface area contributed by atoms with E-state index in [4.69, 9.17) is 10.4 Å². The first-order valence-corrected chi connectivity index (χ1v) is 3.99. The smallest absolute Gasteiger partial charge is 0.361 e. The van der Waals surface area contributed by atoms with E-state index in [0.717, 1.165) is 0 Å². The molecule has 0 aliphatic carbocycles. The molecule has 88 valence electrons. The van der Waals surface area contributed by atoms with Crippen molar-refractivity contribution in [2.24, 2.45) is 0 Å². The molecule has 1 aromatic rings. The number of alkyl halides is 2. The molecule has 7 nitrogen and oxygen atoms in total. The van der Waals surface area contributed by atoms with Crippen LogP contribution < -0.4 is 0 Å². The second-order valence-electron chi connectivity index (χ2n) is 2.76. The number of carboxylic acids is 1. The number of aromatic nitrogens is 1. The van der Waals surface area contributed by atoms with Crippen LogP contribution in [0.3, 0.4) is 0 Å². The normalized spacial score (nSPS) is 10.0. The number of rotatable bonds is 3. The Morgan fingerprint density at radius 2 is 2.24 bits per heavy atom. The average Bonchev–Trinajstić information content (AvgIpc) is 2.26. The topological polar surface area (TPSA) is 117 Å². The van der Waals surface area contributed by atoms with Gasteiger partial charge in [0.25, 0.3) is 6.43 Å². The van der Waals surface area contributed by atoms with Crippen LogP contribution >= 0.6 is 0 Å². The van der Waals surface area contributed by atoms with Gasteiger partial charge in [-0.3, -0.25) is 10.1 Å². The Hall–Kier alpha value is -2.63. The minimum atomic E-state index is -3.19. The summed E-state index contributed by atoms with van der Waals surface area (Å²) in [7, 11) is 0. The van der Waals surface area contributed by atoms with Gasteiger partial charge in [0, 0.05) is 6.07 Å². The Morgan fingerprint density at radius 1 is 1.65 bits per heavy atom.